The van der Waals surface area contributed by atoms with Crippen molar-refractivity contribution in [3.05, 3.63) is 85.9 Å². The molecule has 0 aliphatic heterocycles. The van der Waals surface area contributed by atoms with Crippen LogP contribution in [0.5, 0.6) is 0 Å². The molecule has 1 saturated carbocycles. The van der Waals surface area contributed by atoms with Crippen LogP contribution in [0.25, 0.3) is 0 Å². The number of carbonyl (C=O) groups is 3. The number of amides is 3. The van der Waals surface area contributed by atoms with Crippen LogP contribution >= 0.6 is 58.0 Å². The van der Waals surface area contributed by atoms with Crippen LogP contribution in [0, 0.1) is 29.2 Å². The fourth-order valence-electron chi connectivity index (χ4n) is 4.00. The number of hydrogen-bond donors (Lipinski definition) is 3. The van der Waals surface area contributed by atoms with Gasteiger partial charge in [-0.05, 0) is 35.9 Å². The zero-order chi connectivity index (χ0) is 29.7. The van der Waals surface area contributed by atoms with Crippen molar-refractivity contribution in [3.8, 4) is 0 Å². The minimum absolute atomic E-state index is 0.0860. The molecule has 0 bridgehead atoms. The van der Waals surface area contributed by atoms with E-state index in [4.69, 9.17) is 58.0 Å². The van der Waals surface area contributed by atoms with E-state index in [9.17, 15) is 31.9 Å². The number of rotatable bonds is 6. The van der Waals surface area contributed by atoms with E-state index in [0.29, 0.717) is 11.6 Å². The molecule has 1 fully saturated rings. The Morgan fingerprint density at radius 1 is 0.825 bits per heavy atom. The van der Waals surface area contributed by atoms with Crippen LogP contribution < -0.4 is 16.0 Å². The predicted octanol–water partition coefficient (Wildman–Crippen LogP) is 7.94. The van der Waals surface area contributed by atoms with Gasteiger partial charge < -0.3 is 16.0 Å². The molecule has 3 aromatic rings. The third-order valence-electron chi connectivity index (χ3n) is 5.88. The molecule has 4 rings (SSSR count). The maximum atomic E-state index is 14.7. The van der Waals surface area contributed by atoms with Crippen LogP contribution in [0.3, 0.4) is 0 Å². The van der Waals surface area contributed by atoms with Crippen molar-refractivity contribution in [1.82, 2.24) is 0 Å². The van der Waals surface area contributed by atoms with E-state index in [0.717, 1.165) is 25.1 Å². The maximum Gasteiger partial charge on any atom is 0.258 e. The lowest BCUT2D eigenvalue weighted by molar-refractivity contribution is -0.117. The number of benzene rings is 3. The topological polar surface area (TPSA) is 87.3 Å². The van der Waals surface area contributed by atoms with E-state index in [-0.39, 0.29) is 20.8 Å². The van der Waals surface area contributed by atoms with Crippen molar-refractivity contribution in [2.45, 2.75) is 17.2 Å². The van der Waals surface area contributed by atoms with Crippen molar-refractivity contribution in [3.63, 3.8) is 0 Å². The van der Waals surface area contributed by atoms with Crippen molar-refractivity contribution >= 4 is 92.8 Å². The molecule has 210 valence electrons. The van der Waals surface area contributed by atoms with E-state index in [1.54, 1.807) is 0 Å². The minimum atomic E-state index is -1.62. The van der Waals surface area contributed by atoms with Gasteiger partial charge in [0, 0.05) is 24.6 Å². The van der Waals surface area contributed by atoms with Gasteiger partial charge in [0.15, 0.2) is 17.5 Å². The molecule has 0 heterocycles. The second-order valence-corrected chi connectivity index (χ2v) is 11.3. The quantitative estimate of drug-likeness (QED) is 0.143. The van der Waals surface area contributed by atoms with Crippen molar-refractivity contribution < 1.29 is 31.9 Å². The van der Waals surface area contributed by atoms with Gasteiger partial charge in [-0.25, -0.2) is 17.6 Å². The van der Waals surface area contributed by atoms with Gasteiger partial charge in [-0.3, -0.25) is 14.4 Å². The van der Waals surface area contributed by atoms with Gasteiger partial charge in [0.25, 0.3) is 5.91 Å². The summed E-state index contributed by atoms with van der Waals surface area (Å²) in [6, 6.07) is 5.82. The largest absolute Gasteiger partial charge is 0.326 e. The molecule has 0 saturated heterocycles. The first-order chi connectivity index (χ1) is 18.6. The molecule has 1 aliphatic rings. The molecule has 15 heteroatoms. The second kappa shape index (κ2) is 11.3. The van der Waals surface area contributed by atoms with Gasteiger partial charge in [0.05, 0.1) is 32.2 Å². The van der Waals surface area contributed by atoms with Crippen LogP contribution in [0.15, 0.2) is 36.4 Å². The Labute approximate surface area is 248 Å². The van der Waals surface area contributed by atoms with Crippen LogP contribution in [0.1, 0.15) is 28.8 Å². The van der Waals surface area contributed by atoms with Crippen LogP contribution in [-0.2, 0) is 9.59 Å². The zero-order valence-corrected chi connectivity index (χ0v) is 23.5. The first-order valence-corrected chi connectivity index (χ1v) is 12.9. The predicted molar refractivity (Wildman–Crippen MR) is 146 cm³/mol. The summed E-state index contributed by atoms with van der Waals surface area (Å²) in [6.45, 7) is 1.00. The number of carbonyl (C=O) groups excluding carboxylic acids is 3. The summed E-state index contributed by atoms with van der Waals surface area (Å²) in [5.41, 5.74) is -2.37. The molecular weight excluding hydrogens is 644 g/mol. The number of halogens is 9. The van der Waals surface area contributed by atoms with Crippen LogP contribution in [0.2, 0.25) is 15.1 Å². The molecule has 1 aliphatic carbocycles. The molecular formula is C25H14Cl5F4N3O3. The SMILES string of the molecule is CC(=O)Nc1c(F)ccc(NC(=O)c2cc(NC(=O)[C@H]3C(c4cc(Cl)c(Cl)c(Cl)c4)C3(Cl)Cl)cc(F)c2F)c1F. The second-order valence-electron chi connectivity index (χ2n) is 8.66. The van der Waals surface area contributed by atoms with E-state index in [1.165, 1.54) is 12.1 Å². The molecule has 0 radical (unpaired) electrons. The summed E-state index contributed by atoms with van der Waals surface area (Å²) in [7, 11) is 0. The molecule has 6 nitrogen and oxygen atoms in total. The van der Waals surface area contributed by atoms with E-state index in [1.807, 2.05) is 10.6 Å². The monoisotopic (exact) mass is 655 g/mol. The average molecular weight is 658 g/mol. The van der Waals surface area contributed by atoms with Gasteiger partial charge in [-0.2, -0.15) is 0 Å². The minimum Gasteiger partial charge on any atom is -0.326 e. The first kappa shape index (κ1) is 30.2. The lowest BCUT2D eigenvalue weighted by Gasteiger charge is -2.13. The summed E-state index contributed by atoms with van der Waals surface area (Å²) in [6.07, 6.45) is 0. The summed E-state index contributed by atoms with van der Waals surface area (Å²) in [5.74, 6) is -10.5. The highest BCUT2D eigenvalue weighted by molar-refractivity contribution is 6.54. The normalized spacial score (nSPS) is 17.2. The molecule has 3 amide bonds. The fraction of sp³-hybridized carbons (Fsp3) is 0.160. The van der Waals surface area contributed by atoms with Crippen molar-refractivity contribution in [2.75, 3.05) is 16.0 Å². The summed E-state index contributed by atoms with van der Waals surface area (Å²) >= 11 is 30.7. The third-order valence-corrected chi connectivity index (χ3v) is 8.02. The summed E-state index contributed by atoms with van der Waals surface area (Å²) in [5, 5.41) is 6.50. The number of nitrogens with one attached hydrogen (secondary N) is 3. The standard InChI is InChI=1S/C25H14Cl5F4N3O3/c1-8(38)35-22-14(31)2-3-16(21(22)34)37-23(39)11-6-10(7-15(32)20(11)33)36-24(40)18-17(25(18,29)30)9-4-12(26)19(28)13(27)5-9/h2-7,17-18H,1H3,(H,35,38)(H,36,40)(H,37,39)/t17?,18-/m1/s1. The Kier molecular flexibility index (Phi) is 8.50. The summed E-state index contributed by atoms with van der Waals surface area (Å²) < 4.78 is 55.9. The van der Waals surface area contributed by atoms with Gasteiger partial charge in [-0.1, -0.05) is 34.8 Å². The highest BCUT2D eigenvalue weighted by Gasteiger charge is 2.67. The van der Waals surface area contributed by atoms with Gasteiger partial charge >= 0.3 is 0 Å². The fourth-order valence-corrected chi connectivity index (χ4v) is 5.44. The van der Waals surface area contributed by atoms with Crippen LogP contribution in [0.4, 0.5) is 34.6 Å². The Morgan fingerprint density at radius 3 is 2.05 bits per heavy atom. The molecule has 2 atom stereocenters. The van der Waals surface area contributed by atoms with Crippen LogP contribution in [-0.4, -0.2) is 22.1 Å². The molecule has 3 N–H and O–H groups in total. The first-order valence-electron chi connectivity index (χ1n) is 11.0. The Balaban J connectivity index is 1.57. The number of hydrogen-bond acceptors (Lipinski definition) is 3. The van der Waals surface area contributed by atoms with Crippen molar-refractivity contribution in [1.29, 1.82) is 0 Å². The van der Waals surface area contributed by atoms with E-state index in [2.05, 4.69) is 5.32 Å². The molecule has 0 aromatic heterocycles. The van der Waals surface area contributed by atoms with Crippen molar-refractivity contribution in [2.24, 2.45) is 5.92 Å². The molecule has 0 spiro atoms. The molecule has 40 heavy (non-hydrogen) atoms. The summed E-state index contributed by atoms with van der Waals surface area (Å²) in [4.78, 5) is 36.9. The average Bonchev–Trinajstić information content (AvgIpc) is 3.45. The molecule has 1 unspecified atom stereocenters. The Morgan fingerprint density at radius 2 is 1.45 bits per heavy atom. The lowest BCUT2D eigenvalue weighted by atomic mass is 10.1. The van der Waals surface area contributed by atoms with E-state index >= 15 is 0 Å². The van der Waals surface area contributed by atoms with E-state index < -0.39 is 74.1 Å². The lowest BCUT2D eigenvalue weighted by Crippen LogP contribution is -2.20. The van der Waals surface area contributed by atoms with Gasteiger partial charge in [-0.15, -0.1) is 23.2 Å². The highest BCUT2D eigenvalue weighted by Crippen LogP contribution is 2.65. The third kappa shape index (κ3) is 5.82. The van der Waals surface area contributed by atoms with Gasteiger partial charge in [0.2, 0.25) is 11.8 Å². The van der Waals surface area contributed by atoms with Gasteiger partial charge in [0.1, 0.15) is 15.8 Å². The molecule has 3 aromatic carbocycles. The number of anilines is 3. The Bertz CT molecular complexity index is 1560. The maximum absolute atomic E-state index is 14.7. The highest BCUT2D eigenvalue weighted by atomic mass is 35.5. The zero-order valence-electron chi connectivity index (χ0n) is 19.7. The number of alkyl halides is 2. The Hall–Kier alpha value is -2.76. The smallest absolute Gasteiger partial charge is 0.258 e.